The van der Waals surface area contributed by atoms with Gasteiger partial charge in [0.25, 0.3) is 0 Å². The van der Waals surface area contributed by atoms with Crippen molar-refractivity contribution in [1.29, 1.82) is 0 Å². The number of furan rings is 1. The summed E-state index contributed by atoms with van der Waals surface area (Å²) in [6.07, 6.45) is 4.49. The Morgan fingerprint density at radius 1 is 1.18 bits per heavy atom. The first-order chi connectivity index (χ1) is 13.4. The second-order valence-corrected chi connectivity index (χ2v) is 6.81. The van der Waals surface area contributed by atoms with Crippen molar-refractivity contribution in [1.82, 2.24) is 4.57 Å². The molecule has 0 amide bonds. The quantitative estimate of drug-likeness (QED) is 0.325. The number of hydrogen-bond donors (Lipinski definition) is 0. The zero-order valence-electron chi connectivity index (χ0n) is 15.6. The molecule has 3 aromatic rings. The Hall–Kier alpha value is -3.05. The first-order valence-electron chi connectivity index (χ1n) is 8.77. The van der Waals surface area contributed by atoms with Crippen LogP contribution < -0.4 is 0 Å². The average molecular weight is 398 g/mol. The molecule has 0 aliphatic rings. The summed E-state index contributed by atoms with van der Waals surface area (Å²) < 4.78 is 12.5. The summed E-state index contributed by atoms with van der Waals surface area (Å²) in [5.41, 5.74) is 3.06. The van der Waals surface area contributed by atoms with E-state index >= 15 is 0 Å². The van der Waals surface area contributed by atoms with Crippen LogP contribution in [0.4, 0.5) is 0 Å². The van der Waals surface area contributed by atoms with E-state index in [1.807, 2.05) is 36.6 Å². The lowest BCUT2D eigenvalue weighted by Crippen LogP contribution is -2.13. The largest absolute Gasteiger partial charge is 0.467 e. The van der Waals surface area contributed by atoms with Gasteiger partial charge in [-0.05, 0) is 55.8 Å². The Bertz CT molecular complexity index is 1020. The molecule has 0 radical (unpaired) electrons. The number of carbonyl (C=O) groups excluding carboxylic acids is 2. The second kappa shape index (κ2) is 8.76. The number of carbonyl (C=O) groups is 2. The lowest BCUT2D eigenvalue weighted by atomic mass is 10.1. The standard InChI is InChI=1S/C22H20ClNO4/c1-15-11-20(16(2)24(15)13-19-7-4-10-27-19)21(25)14-28-22(26)9-8-17-5-3-6-18(23)12-17/h3-12H,13-14H2,1-2H3/b9-8+. The van der Waals surface area contributed by atoms with Crippen molar-refractivity contribution in [2.24, 2.45) is 0 Å². The molecule has 2 heterocycles. The van der Waals surface area contributed by atoms with Crippen molar-refractivity contribution in [3.05, 3.63) is 88.1 Å². The number of aryl methyl sites for hydroxylation is 1. The van der Waals surface area contributed by atoms with Crippen molar-refractivity contribution >= 4 is 29.4 Å². The van der Waals surface area contributed by atoms with Crippen LogP contribution in [0.25, 0.3) is 6.08 Å². The number of esters is 1. The lowest BCUT2D eigenvalue weighted by Gasteiger charge is -2.08. The van der Waals surface area contributed by atoms with Gasteiger partial charge in [0.15, 0.2) is 6.61 Å². The maximum absolute atomic E-state index is 12.5. The van der Waals surface area contributed by atoms with E-state index in [0.717, 1.165) is 22.7 Å². The predicted octanol–water partition coefficient (Wildman–Crippen LogP) is 4.84. The Morgan fingerprint density at radius 3 is 2.71 bits per heavy atom. The topological polar surface area (TPSA) is 61.4 Å². The minimum absolute atomic E-state index is 0.247. The van der Waals surface area contributed by atoms with E-state index in [4.69, 9.17) is 20.8 Å². The molecule has 0 unspecified atom stereocenters. The Labute approximate surface area is 168 Å². The third-order valence-electron chi connectivity index (χ3n) is 4.37. The number of Topliss-reactive ketones (excluding diaryl/α,β-unsaturated/α-hetero) is 1. The second-order valence-electron chi connectivity index (χ2n) is 6.37. The summed E-state index contributed by atoms with van der Waals surface area (Å²) in [6.45, 7) is 4.01. The Morgan fingerprint density at radius 2 is 2.00 bits per heavy atom. The van der Waals surface area contributed by atoms with Crippen molar-refractivity contribution < 1.29 is 18.7 Å². The zero-order valence-corrected chi connectivity index (χ0v) is 16.4. The smallest absolute Gasteiger partial charge is 0.331 e. The summed E-state index contributed by atoms with van der Waals surface area (Å²) >= 11 is 5.90. The van der Waals surface area contributed by atoms with Crippen LogP contribution >= 0.6 is 11.6 Å². The summed E-state index contributed by atoms with van der Waals surface area (Å²) in [5.74, 6) is -0.0283. The monoisotopic (exact) mass is 397 g/mol. The summed E-state index contributed by atoms with van der Waals surface area (Å²) in [6, 6.07) is 12.6. The molecule has 0 aliphatic heterocycles. The molecule has 1 aromatic carbocycles. The van der Waals surface area contributed by atoms with Crippen molar-refractivity contribution in [3.8, 4) is 0 Å². The fraction of sp³-hybridized carbons (Fsp3) is 0.182. The van der Waals surface area contributed by atoms with Crippen LogP contribution in [-0.4, -0.2) is 22.9 Å². The maximum atomic E-state index is 12.5. The van der Waals surface area contributed by atoms with Gasteiger partial charge in [-0.3, -0.25) is 4.79 Å². The molecular weight excluding hydrogens is 378 g/mol. The minimum Gasteiger partial charge on any atom is -0.467 e. The molecule has 0 atom stereocenters. The minimum atomic E-state index is -0.585. The maximum Gasteiger partial charge on any atom is 0.331 e. The lowest BCUT2D eigenvalue weighted by molar-refractivity contribution is -0.136. The highest BCUT2D eigenvalue weighted by Gasteiger charge is 2.17. The average Bonchev–Trinajstić information content (AvgIpc) is 3.28. The number of rotatable bonds is 7. The van der Waals surface area contributed by atoms with Gasteiger partial charge in [-0.15, -0.1) is 0 Å². The number of halogens is 1. The molecule has 5 nitrogen and oxygen atoms in total. The predicted molar refractivity (Wildman–Crippen MR) is 107 cm³/mol. The van der Waals surface area contributed by atoms with Gasteiger partial charge in [-0.25, -0.2) is 4.79 Å². The molecule has 0 saturated carbocycles. The van der Waals surface area contributed by atoms with Gasteiger partial charge in [-0.1, -0.05) is 23.7 Å². The van der Waals surface area contributed by atoms with Crippen LogP contribution in [0.2, 0.25) is 5.02 Å². The van der Waals surface area contributed by atoms with Gasteiger partial charge >= 0.3 is 5.97 Å². The van der Waals surface area contributed by atoms with Crippen molar-refractivity contribution in [2.75, 3.05) is 6.61 Å². The van der Waals surface area contributed by atoms with Crippen LogP contribution in [0.5, 0.6) is 0 Å². The summed E-state index contributed by atoms with van der Waals surface area (Å²) in [4.78, 5) is 24.4. The van der Waals surface area contributed by atoms with Gasteiger partial charge < -0.3 is 13.7 Å². The molecule has 2 aromatic heterocycles. The van der Waals surface area contributed by atoms with E-state index in [2.05, 4.69) is 0 Å². The highest BCUT2D eigenvalue weighted by Crippen LogP contribution is 2.18. The number of nitrogens with zero attached hydrogens (tertiary/aromatic N) is 1. The van der Waals surface area contributed by atoms with Crippen LogP contribution in [0.3, 0.4) is 0 Å². The Kier molecular flexibility index (Phi) is 6.16. The number of benzene rings is 1. The van der Waals surface area contributed by atoms with E-state index in [-0.39, 0.29) is 12.4 Å². The first-order valence-corrected chi connectivity index (χ1v) is 9.14. The van der Waals surface area contributed by atoms with Gasteiger partial charge in [0.2, 0.25) is 5.78 Å². The van der Waals surface area contributed by atoms with Crippen LogP contribution in [-0.2, 0) is 16.1 Å². The molecule has 28 heavy (non-hydrogen) atoms. The Balaban J connectivity index is 1.61. The molecule has 0 saturated heterocycles. The molecule has 144 valence electrons. The van der Waals surface area contributed by atoms with E-state index in [9.17, 15) is 9.59 Å². The number of aromatic nitrogens is 1. The normalized spacial score (nSPS) is 11.1. The molecule has 0 fully saturated rings. The third-order valence-corrected chi connectivity index (χ3v) is 4.61. The molecular formula is C22H20ClNO4. The molecule has 0 bridgehead atoms. The van der Waals surface area contributed by atoms with Crippen LogP contribution in [0.1, 0.15) is 33.1 Å². The van der Waals surface area contributed by atoms with Crippen molar-refractivity contribution in [2.45, 2.75) is 20.4 Å². The van der Waals surface area contributed by atoms with E-state index < -0.39 is 5.97 Å². The van der Waals surface area contributed by atoms with E-state index in [1.165, 1.54) is 6.08 Å². The van der Waals surface area contributed by atoms with E-state index in [1.54, 1.807) is 36.6 Å². The molecule has 0 N–H and O–H groups in total. The molecule has 6 heteroatoms. The molecule has 0 spiro atoms. The van der Waals surface area contributed by atoms with Crippen molar-refractivity contribution in [3.63, 3.8) is 0 Å². The van der Waals surface area contributed by atoms with Gasteiger partial charge in [0.1, 0.15) is 5.76 Å². The third kappa shape index (κ3) is 4.81. The highest BCUT2D eigenvalue weighted by atomic mass is 35.5. The summed E-state index contributed by atoms with van der Waals surface area (Å²) in [7, 11) is 0. The zero-order chi connectivity index (χ0) is 20.1. The van der Waals surface area contributed by atoms with Gasteiger partial charge in [-0.2, -0.15) is 0 Å². The summed E-state index contributed by atoms with van der Waals surface area (Å²) in [5, 5.41) is 0.579. The number of ether oxygens (including phenoxy) is 1. The highest BCUT2D eigenvalue weighted by molar-refractivity contribution is 6.30. The van der Waals surface area contributed by atoms with Gasteiger partial charge in [0, 0.05) is 28.0 Å². The van der Waals surface area contributed by atoms with Crippen LogP contribution in [0.15, 0.2) is 59.2 Å². The molecule has 3 rings (SSSR count). The first kappa shape index (κ1) is 19.7. The fourth-order valence-corrected chi connectivity index (χ4v) is 3.12. The number of ketones is 1. The number of hydrogen-bond acceptors (Lipinski definition) is 4. The van der Waals surface area contributed by atoms with E-state index in [0.29, 0.717) is 17.1 Å². The SMILES string of the molecule is Cc1cc(C(=O)COC(=O)/C=C/c2cccc(Cl)c2)c(C)n1Cc1ccco1. The van der Waals surface area contributed by atoms with Crippen LogP contribution in [0, 0.1) is 13.8 Å². The molecule has 0 aliphatic carbocycles. The fourth-order valence-electron chi connectivity index (χ4n) is 2.92. The van der Waals surface area contributed by atoms with Gasteiger partial charge in [0.05, 0.1) is 12.8 Å².